The maximum atomic E-state index is 14.3. The van der Waals surface area contributed by atoms with Gasteiger partial charge in [-0.05, 0) is 84.3 Å². The Kier molecular flexibility index (Phi) is 12.8. The van der Waals surface area contributed by atoms with Crippen LogP contribution in [0.15, 0.2) is 121 Å². The Bertz CT molecular complexity index is 2360. The van der Waals surface area contributed by atoms with Crippen LogP contribution < -0.4 is 5.32 Å². The number of ether oxygens (including phenoxy) is 1. The van der Waals surface area contributed by atoms with Crippen molar-refractivity contribution in [2.75, 3.05) is 33.3 Å². The number of nitrogens with one attached hydrogen (secondary N) is 2. The number of carbonyl (C=O) groups excluding carboxylic acids is 3. The maximum absolute atomic E-state index is 14.3. The zero-order valence-corrected chi connectivity index (χ0v) is 35.2. The van der Waals surface area contributed by atoms with E-state index in [2.05, 4.69) is 99.6 Å². The third kappa shape index (κ3) is 9.05. The fourth-order valence-corrected chi connectivity index (χ4v) is 9.11. The molecule has 3 aromatic carbocycles. The number of allylic oxidation sites excluding steroid dienone is 1. The first-order valence-corrected chi connectivity index (χ1v) is 21.5. The number of rotatable bonds is 14. The summed E-state index contributed by atoms with van der Waals surface area (Å²) in [6.07, 6.45) is 9.29. The molecule has 0 spiro atoms. The number of benzene rings is 3. The van der Waals surface area contributed by atoms with Crippen LogP contribution in [0.1, 0.15) is 80.7 Å². The lowest BCUT2D eigenvalue weighted by Gasteiger charge is -2.35. The molecule has 12 nitrogen and oxygen atoms in total. The number of likely N-dealkylation sites (tertiary alicyclic amines) is 2. The molecular weight excluding hydrogens is 765 g/mol. The van der Waals surface area contributed by atoms with Gasteiger partial charge < -0.3 is 24.8 Å². The molecule has 5 aromatic rings. The highest BCUT2D eigenvalue weighted by Crippen LogP contribution is 2.35. The molecule has 0 unspecified atom stereocenters. The van der Waals surface area contributed by atoms with Crippen molar-refractivity contribution >= 4 is 29.2 Å². The van der Waals surface area contributed by atoms with Crippen molar-refractivity contribution in [3.05, 3.63) is 138 Å². The van der Waals surface area contributed by atoms with E-state index >= 15 is 0 Å². The third-order valence-electron chi connectivity index (χ3n) is 12.4. The number of amides is 3. The number of likely N-dealkylation sites (N-methyl/N-ethyl adjacent to an activating group) is 1. The highest BCUT2D eigenvalue weighted by molar-refractivity contribution is 6.03. The minimum Gasteiger partial charge on any atom is -0.453 e. The molecule has 314 valence electrons. The molecule has 0 aliphatic carbocycles. The quantitative estimate of drug-likeness (QED) is 0.116. The summed E-state index contributed by atoms with van der Waals surface area (Å²) < 4.78 is 4.84. The zero-order chi connectivity index (χ0) is 42.3. The van der Waals surface area contributed by atoms with Crippen LogP contribution in [-0.4, -0.2) is 98.6 Å². The van der Waals surface area contributed by atoms with Crippen LogP contribution in [0.4, 0.5) is 4.79 Å². The van der Waals surface area contributed by atoms with Crippen molar-refractivity contribution in [2.45, 2.75) is 76.5 Å². The highest BCUT2D eigenvalue weighted by Gasteiger charge is 2.39. The normalized spacial score (nSPS) is 18.5. The second kappa shape index (κ2) is 18.9. The van der Waals surface area contributed by atoms with Gasteiger partial charge in [-0.25, -0.2) is 9.78 Å². The number of carbonyl (C=O) groups is 3. The summed E-state index contributed by atoms with van der Waals surface area (Å²) in [5.41, 5.74) is 9.17. The van der Waals surface area contributed by atoms with E-state index in [1.165, 1.54) is 12.7 Å². The molecule has 0 saturated carbocycles. The summed E-state index contributed by atoms with van der Waals surface area (Å²) >= 11 is 0. The second-order valence-electron chi connectivity index (χ2n) is 15.9. The number of aliphatic imine (C=N–C) groups is 1. The Morgan fingerprint density at radius 1 is 0.787 bits per heavy atom. The molecule has 5 heterocycles. The number of imidazole rings is 1. The Balaban J connectivity index is 0.897. The first-order valence-electron chi connectivity index (χ1n) is 21.5. The highest BCUT2D eigenvalue weighted by atomic mass is 16.5. The summed E-state index contributed by atoms with van der Waals surface area (Å²) in [7, 11) is 1.29. The lowest BCUT2D eigenvalue weighted by molar-refractivity contribution is -0.137. The van der Waals surface area contributed by atoms with E-state index < -0.39 is 12.1 Å². The van der Waals surface area contributed by atoms with Gasteiger partial charge in [0.25, 0.3) is 0 Å². The van der Waals surface area contributed by atoms with Crippen LogP contribution in [0.5, 0.6) is 0 Å². The molecule has 0 radical (unpaired) electrons. The van der Waals surface area contributed by atoms with Crippen molar-refractivity contribution in [2.24, 2.45) is 4.99 Å². The number of aromatic amines is 1. The number of aromatic nitrogens is 3. The maximum Gasteiger partial charge on any atom is 0.407 e. The Labute approximate surface area is 357 Å². The number of alkyl carbamates (subject to hydrolysis) is 1. The van der Waals surface area contributed by atoms with Gasteiger partial charge in [-0.15, -0.1) is 0 Å². The molecule has 61 heavy (non-hydrogen) atoms. The molecule has 3 amide bonds. The van der Waals surface area contributed by atoms with Crippen molar-refractivity contribution in [3.8, 4) is 22.4 Å². The molecule has 3 aliphatic heterocycles. The van der Waals surface area contributed by atoms with Gasteiger partial charge in [0.1, 0.15) is 17.9 Å². The number of pyridine rings is 1. The molecule has 2 N–H and O–H groups in total. The predicted octanol–water partition coefficient (Wildman–Crippen LogP) is 8.03. The van der Waals surface area contributed by atoms with Gasteiger partial charge >= 0.3 is 6.09 Å². The Morgan fingerprint density at radius 2 is 1.43 bits per heavy atom. The topological polar surface area (TPSA) is 136 Å². The van der Waals surface area contributed by atoms with E-state index in [0.717, 1.165) is 91.0 Å². The van der Waals surface area contributed by atoms with Gasteiger partial charge in [0.2, 0.25) is 11.8 Å². The van der Waals surface area contributed by atoms with Gasteiger partial charge in [0, 0.05) is 49.7 Å². The summed E-state index contributed by atoms with van der Waals surface area (Å²) in [5.74, 6) is 0.688. The Hall–Kier alpha value is -6.40. The Morgan fingerprint density at radius 3 is 2.08 bits per heavy atom. The van der Waals surface area contributed by atoms with E-state index in [0.29, 0.717) is 18.1 Å². The summed E-state index contributed by atoms with van der Waals surface area (Å²) in [5, 5.41) is 2.72. The largest absolute Gasteiger partial charge is 0.453 e. The number of hydrogen-bond donors (Lipinski definition) is 2. The van der Waals surface area contributed by atoms with Crippen LogP contribution in [0.2, 0.25) is 0 Å². The number of nitrogens with zero attached hydrogens (tertiary/aromatic N) is 6. The molecular formula is C49H54N8O4. The van der Waals surface area contributed by atoms with Crippen LogP contribution in [-0.2, 0) is 20.7 Å². The molecule has 2 saturated heterocycles. The first kappa shape index (κ1) is 41.3. The number of methoxy groups -OCH3 is 1. The molecule has 0 bridgehead atoms. The van der Waals surface area contributed by atoms with Gasteiger partial charge in [0.15, 0.2) is 0 Å². The van der Waals surface area contributed by atoms with Crippen molar-refractivity contribution in [3.63, 3.8) is 0 Å². The van der Waals surface area contributed by atoms with E-state index in [9.17, 15) is 14.4 Å². The molecule has 12 heteroatoms. The third-order valence-corrected chi connectivity index (χ3v) is 12.4. The smallest absolute Gasteiger partial charge is 0.407 e. The van der Waals surface area contributed by atoms with E-state index in [-0.39, 0.29) is 36.4 Å². The second-order valence-corrected chi connectivity index (χ2v) is 15.9. The zero-order valence-electron chi connectivity index (χ0n) is 35.2. The summed E-state index contributed by atoms with van der Waals surface area (Å²) in [6.45, 7) is 7.17. The average Bonchev–Trinajstić information content (AvgIpc) is 4.16. The van der Waals surface area contributed by atoms with Crippen LogP contribution >= 0.6 is 0 Å². The van der Waals surface area contributed by atoms with Crippen molar-refractivity contribution in [1.29, 1.82) is 0 Å². The van der Waals surface area contributed by atoms with Gasteiger partial charge in [-0.1, -0.05) is 98.8 Å². The van der Waals surface area contributed by atoms with Crippen molar-refractivity contribution < 1.29 is 19.1 Å². The summed E-state index contributed by atoms with van der Waals surface area (Å²) in [6, 6.07) is 31.3. The average molecular weight is 819 g/mol. The lowest BCUT2D eigenvalue weighted by Crippen LogP contribution is -2.49. The molecule has 8 rings (SSSR count). The van der Waals surface area contributed by atoms with Gasteiger partial charge in [0.05, 0.1) is 31.1 Å². The van der Waals surface area contributed by atoms with Crippen LogP contribution in [0.25, 0.3) is 28.0 Å². The molecule has 4 atom stereocenters. The minimum atomic E-state index is -0.823. The lowest BCUT2D eigenvalue weighted by atomic mass is 9.96. The number of H-pyrrole nitrogens is 1. The monoisotopic (exact) mass is 818 g/mol. The minimum absolute atomic E-state index is 0.0109. The van der Waals surface area contributed by atoms with E-state index in [1.54, 1.807) is 11.1 Å². The SMILES string of the molecule is CCN(CC)[C@@H](C(=O)N1CCC[C@H]1C1=NC=C(c2ccc(-c3ccc(-c4cnc([C@@H]5CCCN5C(=O)[C@H](Cc5ccccn5)NC(=O)OC)[nH]4)cc3)cc2)C1)c1ccccc1. The van der Waals surface area contributed by atoms with E-state index in [4.69, 9.17) is 14.7 Å². The fraction of sp³-hybridized carbons (Fsp3) is 0.347. The number of hydrogen-bond acceptors (Lipinski definition) is 8. The molecule has 2 aromatic heterocycles. The van der Waals surface area contributed by atoms with Crippen molar-refractivity contribution in [1.82, 2.24) is 35.0 Å². The standard InChI is InChI=1S/C49H54N8O4/c1-4-55(5-2)45(37-13-7-6-8-14-37)48(59)56-27-11-16-43(56)40-29-38(31-51-40)35-20-18-33(19-21-35)34-22-24-36(25-23-34)42-32-52-46(53-42)44-17-12-28-57(44)47(58)41(54-49(60)61-3)30-39-15-9-10-26-50-39/h6-10,13-15,18-26,31-32,41,43-45H,4-5,11-12,16-17,27-30H2,1-3H3,(H,52,53)(H,54,60)/t41-,43-,44-,45+/m0/s1. The molecule has 2 fully saturated rings. The first-order chi connectivity index (χ1) is 29.8. The van der Waals surface area contributed by atoms with Gasteiger partial charge in [-0.3, -0.25) is 24.5 Å². The van der Waals surface area contributed by atoms with E-state index in [1.807, 2.05) is 48.8 Å². The van der Waals surface area contributed by atoms with Crippen LogP contribution in [0.3, 0.4) is 0 Å². The van der Waals surface area contributed by atoms with Crippen LogP contribution in [0, 0.1) is 0 Å². The van der Waals surface area contributed by atoms with Gasteiger partial charge in [-0.2, -0.15) is 0 Å². The predicted molar refractivity (Wildman–Crippen MR) is 237 cm³/mol. The molecule has 3 aliphatic rings. The summed E-state index contributed by atoms with van der Waals surface area (Å²) in [4.78, 5) is 64.0. The fourth-order valence-electron chi connectivity index (χ4n) is 9.11.